The molecule has 1 heterocycles. The average Bonchev–Trinajstić information content (AvgIpc) is 3.04. The number of nitrogens with one attached hydrogen (secondary N) is 1. The standard InChI is InChI=1S/C19H24N2O3S/c1-15-21-17(14-25-15)13-24-18-7-5-6-16(12-18)8-9-19(22)20-10-3-4-11-23-2/h5-9,12,14H,3-4,10-11,13H2,1-2H3,(H,20,22)/b9-8+. The molecule has 1 aromatic heterocycles. The van der Waals surface area contributed by atoms with Gasteiger partial charge in [-0.1, -0.05) is 12.1 Å². The highest BCUT2D eigenvalue weighted by Crippen LogP contribution is 2.17. The second-order valence-corrected chi connectivity index (χ2v) is 6.61. The van der Waals surface area contributed by atoms with Gasteiger partial charge in [-0.25, -0.2) is 4.98 Å². The Bertz CT molecular complexity index is 697. The molecular formula is C19H24N2O3S. The molecule has 0 aliphatic rings. The SMILES string of the molecule is COCCCCNC(=O)/C=C/c1cccc(OCc2csc(C)n2)c1. The summed E-state index contributed by atoms with van der Waals surface area (Å²) in [6, 6.07) is 7.64. The number of thiazole rings is 1. The molecule has 0 spiro atoms. The summed E-state index contributed by atoms with van der Waals surface area (Å²) in [4.78, 5) is 16.2. The number of nitrogens with zero attached hydrogens (tertiary/aromatic N) is 1. The molecular weight excluding hydrogens is 336 g/mol. The molecule has 1 aromatic carbocycles. The van der Waals surface area contributed by atoms with E-state index >= 15 is 0 Å². The Hall–Kier alpha value is -2.18. The fraction of sp³-hybridized carbons (Fsp3) is 0.368. The van der Waals surface area contributed by atoms with E-state index in [1.807, 2.05) is 36.6 Å². The molecule has 0 aliphatic carbocycles. The summed E-state index contributed by atoms with van der Waals surface area (Å²) in [5, 5.41) is 5.88. The van der Waals surface area contributed by atoms with Gasteiger partial charge in [0.25, 0.3) is 0 Å². The largest absolute Gasteiger partial charge is 0.487 e. The molecule has 0 aliphatic heterocycles. The Morgan fingerprint density at radius 1 is 1.36 bits per heavy atom. The first-order valence-corrected chi connectivity index (χ1v) is 9.14. The van der Waals surface area contributed by atoms with Crippen LogP contribution in [-0.2, 0) is 16.1 Å². The molecule has 2 aromatic rings. The van der Waals surface area contributed by atoms with E-state index in [0.717, 1.165) is 41.5 Å². The third-order valence-corrected chi connectivity index (χ3v) is 4.24. The molecule has 0 fully saturated rings. The van der Waals surface area contributed by atoms with Crippen molar-refractivity contribution in [2.24, 2.45) is 0 Å². The van der Waals surface area contributed by atoms with Gasteiger partial charge in [-0.05, 0) is 43.5 Å². The summed E-state index contributed by atoms with van der Waals surface area (Å²) in [5.41, 5.74) is 1.85. The van der Waals surface area contributed by atoms with E-state index in [1.165, 1.54) is 0 Å². The smallest absolute Gasteiger partial charge is 0.243 e. The molecule has 0 bridgehead atoms. The van der Waals surface area contributed by atoms with Crippen molar-refractivity contribution in [3.05, 3.63) is 52.0 Å². The lowest BCUT2D eigenvalue weighted by Crippen LogP contribution is -2.22. The van der Waals surface area contributed by atoms with Gasteiger partial charge in [0.1, 0.15) is 12.4 Å². The lowest BCUT2D eigenvalue weighted by Gasteiger charge is -2.05. The van der Waals surface area contributed by atoms with Crippen LogP contribution >= 0.6 is 11.3 Å². The first-order chi connectivity index (χ1) is 12.2. The van der Waals surface area contributed by atoms with Crippen LogP contribution < -0.4 is 10.1 Å². The van der Waals surface area contributed by atoms with Crippen LogP contribution in [0.15, 0.2) is 35.7 Å². The maximum atomic E-state index is 11.8. The van der Waals surface area contributed by atoms with Crippen LogP contribution in [0.1, 0.15) is 29.1 Å². The Morgan fingerprint density at radius 3 is 3.00 bits per heavy atom. The summed E-state index contributed by atoms with van der Waals surface area (Å²) in [5.74, 6) is 0.662. The van der Waals surface area contributed by atoms with Crippen molar-refractivity contribution in [3.63, 3.8) is 0 Å². The number of benzene rings is 1. The predicted molar refractivity (Wildman–Crippen MR) is 101 cm³/mol. The second kappa shape index (κ2) is 10.6. The molecule has 5 nitrogen and oxygen atoms in total. The fourth-order valence-electron chi connectivity index (χ4n) is 2.15. The molecule has 0 radical (unpaired) electrons. The number of methoxy groups -OCH3 is 1. The van der Waals surface area contributed by atoms with Gasteiger partial charge < -0.3 is 14.8 Å². The number of rotatable bonds is 10. The molecule has 6 heteroatoms. The summed E-state index contributed by atoms with van der Waals surface area (Å²) >= 11 is 1.61. The molecule has 25 heavy (non-hydrogen) atoms. The van der Waals surface area contributed by atoms with Crippen molar-refractivity contribution in [1.29, 1.82) is 0 Å². The minimum Gasteiger partial charge on any atom is -0.487 e. The summed E-state index contributed by atoms with van der Waals surface area (Å²) in [6.45, 7) is 3.80. The molecule has 134 valence electrons. The van der Waals surface area contributed by atoms with E-state index in [-0.39, 0.29) is 5.91 Å². The van der Waals surface area contributed by atoms with Crippen molar-refractivity contribution in [2.45, 2.75) is 26.4 Å². The number of hydrogen-bond donors (Lipinski definition) is 1. The Morgan fingerprint density at radius 2 is 2.24 bits per heavy atom. The molecule has 0 saturated heterocycles. The monoisotopic (exact) mass is 360 g/mol. The zero-order chi connectivity index (χ0) is 17.9. The van der Waals surface area contributed by atoms with Gasteiger partial charge in [-0.3, -0.25) is 4.79 Å². The number of ether oxygens (including phenoxy) is 2. The normalized spacial score (nSPS) is 11.0. The molecule has 2 rings (SSSR count). The zero-order valence-electron chi connectivity index (χ0n) is 14.7. The van der Waals surface area contributed by atoms with Crippen LogP contribution in [0.5, 0.6) is 5.75 Å². The van der Waals surface area contributed by atoms with Gasteiger partial charge in [0.05, 0.1) is 10.7 Å². The number of hydrogen-bond acceptors (Lipinski definition) is 5. The number of carbonyl (C=O) groups is 1. The van der Waals surface area contributed by atoms with Crippen LogP contribution in [0.2, 0.25) is 0 Å². The lowest BCUT2D eigenvalue weighted by molar-refractivity contribution is -0.116. The van der Waals surface area contributed by atoms with Crippen molar-refractivity contribution in [1.82, 2.24) is 10.3 Å². The van der Waals surface area contributed by atoms with Gasteiger partial charge in [0.15, 0.2) is 0 Å². The Labute approximate surface area is 152 Å². The van der Waals surface area contributed by atoms with Crippen molar-refractivity contribution >= 4 is 23.3 Å². The maximum Gasteiger partial charge on any atom is 0.243 e. The van der Waals surface area contributed by atoms with Crippen molar-refractivity contribution in [3.8, 4) is 5.75 Å². The third-order valence-electron chi connectivity index (χ3n) is 3.41. The van der Waals surface area contributed by atoms with Crippen LogP contribution in [0.3, 0.4) is 0 Å². The first-order valence-electron chi connectivity index (χ1n) is 8.26. The van der Waals surface area contributed by atoms with E-state index in [2.05, 4.69) is 10.3 Å². The van der Waals surface area contributed by atoms with Crippen LogP contribution in [-0.4, -0.2) is 31.2 Å². The maximum absolute atomic E-state index is 11.8. The summed E-state index contributed by atoms with van der Waals surface area (Å²) in [7, 11) is 1.68. The Kier molecular flexibility index (Phi) is 8.15. The highest BCUT2D eigenvalue weighted by Gasteiger charge is 2.01. The number of aromatic nitrogens is 1. The first kappa shape index (κ1) is 19.1. The highest BCUT2D eigenvalue weighted by molar-refractivity contribution is 7.09. The molecule has 1 N–H and O–H groups in total. The third kappa shape index (κ3) is 7.49. The highest BCUT2D eigenvalue weighted by atomic mass is 32.1. The number of aryl methyl sites for hydroxylation is 1. The Balaban J connectivity index is 1.78. The van der Waals surface area contributed by atoms with Crippen molar-refractivity contribution < 1.29 is 14.3 Å². The van der Waals surface area contributed by atoms with Gasteiger partial charge in [0, 0.05) is 31.7 Å². The topological polar surface area (TPSA) is 60.5 Å². The van der Waals surface area contributed by atoms with Crippen LogP contribution in [0.25, 0.3) is 6.08 Å². The van der Waals surface area contributed by atoms with E-state index < -0.39 is 0 Å². The lowest BCUT2D eigenvalue weighted by atomic mass is 10.2. The van der Waals surface area contributed by atoms with Crippen LogP contribution in [0, 0.1) is 6.92 Å². The van der Waals surface area contributed by atoms with Crippen molar-refractivity contribution in [2.75, 3.05) is 20.3 Å². The van der Waals surface area contributed by atoms with E-state index in [1.54, 1.807) is 30.6 Å². The molecule has 1 amide bonds. The number of unbranched alkanes of at least 4 members (excludes halogenated alkanes) is 1. The van der Waals surface area contributed by atoms with Gasteiger partial charge in [-0.2, -0.15) is 0 Å². The zero-order valence-corrected chi connectivity index (χ0v) is 15.5. The van der Waals surface area contributed by atoms with E-state index in [4.69, 9.17) is 9.47 Å². The quantitative estimate of drug-likeness (QED) is 0.520. The second-order valence-electron chi connectivity index (χ2n) is 5.54. The fourth-order valence-corrected chi connectivity index (χ4v) is 2.75. The molecule has 0 atom stereocenters. The number of carbonyl (C=O) groups excluding carboxylic acids is 1. The molecule has 0 unspecified atom stereocenters. The number of amides is 1. The summed E-state index contributed by atoms with van der Waals surface area (Å²) < 4.78 is 10.7. The minimum atomic E-state index is -0.0957. The van der Waals surface area contributed by atoms with E-state index in [0.29, 0.717) is 13.2 Å². The summed E-state index contributed by atoms with van der Waals surface area (Å²) in [6.07, 6.45) is 5.18. The van der Waals surface area contributed by atoms with Gasteiger partial charge in [-0.15, -0.1) is 11.3 Å². The van der Waals surface area contributed by atoms with E-state index in [9.17, 15) is 4.79 Å². The van der Waals surface area contributed by atoms with Crippen LogP contribution in [0.4, 0.5) is 0 Å². The molecule has 0 saturated carbocycles. The van der Waals surface area contributed by atoms with Gasteiger partial charge in [0.2, 0.25) is 5.91 Å². The predicted octanol–water partition coefficient (Wildman–Crippen LogP) is 3.59. The minimum absolute atomic E-state index is 0.0957. The average molecular weight is 360 g/mol. The van der Waals surface area contributed by atoms with Gasteiger partial charge >= 0.3 is 0 Å².